The second-order valence-electron chi connectivity index (χ2n) is 5.97. The molecule has 4 nitrogen and oxygen atoms in total. The van der Waals surface area contributed by atoms with Gasteiger partial charge in [-0.25, -0.2) is 8.42 Å². The van der Waals surface area contributed by atoms with Crippen LogP contribution in [0.25, 0.3) is 0 Å². The Labute approximate surface area is 136 Å². The molecule has 0 saturated carbocycles. The fourth-order valence-corrected chi connectivity index (χ4v) is 2.97. The molecule has 0 spiro atoms. The van der Waals surface area contributed by atoms with Gasteiger partial charge in [-0.2, -0.15) is 0 Å². The molecular formula is C15H24BrNO3S. The highest BCUT2D eigenvalue weighted by molar-refractivity contribution is 9.10. The third kappa shape index (κ3) is 4.97. The van der Waals surface area contributed by atoms with Crippen LogP contribution in [0.3, 0.4) is 0 Å². The number of ether oxygens (including phenoxy) is 1. The Balaban J connectivity index is 2.83. The average Bonchev–Trinajstić information content (AvgIpc) is 2.36. The lowest BCUT2D eigenvalue weighted by Gasteiger charge is -2.20. The Morgan fingerprint density at radius 3 is 2.48 bits per heavy atom. The summed E-state index contributed by atoms with van der Waals surface area (Å²) in [5.74, 6) is 0.714. The van der Waals surface area contributed by atoms with E-state index in [-0.39, 0.29) is 18.4 Å². The van der Waals surface area contributed by atoms with Crippen LogP contribution in [-0.4, -0.2) is 32.6 Å². The van der Waals surface area contributed by atoms with E-state index in [1.165, 1.54) is 0 Å². The van der Waals surface area contributed by atoms with Gasteiger partial charge >= 0.3 is 0 Å². The van der Waals surface area contributed by atoms with Crippen molar-refractivity contribution in [3.05, 3.63) is 28.2 Å². The molecule has 21 heavy (non-hydrogen) atoms. The summed E-state index contributed by atoms with van der Waals surface area (Å²) in [5.41, 5.74) is 1.01. The van der Waals surface area contributed by atoms with Gasteiger partial charge in [0.1, 0.15) is 12.4 Å². The molecule has 6 heteroatoms. The number of sulfone groups is 1. The zero-order valence-electron chi connectivity index (χ0n) is 13.2. The van der Waals surface area contributed by atoms with Crippen LogP contribution in [-0.2, 0) is 9.84 Å². The molecule has 0 saturated heterocycles. The van der Waals surface area contributed by atoms with E-state index in [1.54, 1.807) is 20.8 Å². The number of hydrogen-bond acceptors (Lipinski definition) is 4. The quantitative estimate of drug-likeness (QED) is 0.825. The largest absolute Gasteiger partial charge is 0.492 e. The van der Waals surface area contributed by atoms with Crippen molar-refractivity contribution in [3.8, 4) is 5.75 Å². The molecule has 1 unspecified atom stereocenters. The molecule has 0 heterocycles. The van der Waals surface area contributed by atoms with Gasteiger partial charge in [0, 0.05) is 16.1 Å². The lowest BCUT2D eigenvalue weighted by atomic mass is 10.1. The first kappa shape index (κ1) is 18.5. The maximum atomic E-state index is 12.1. The average molecular weight is 378 g/mol. The predicted octanol–water partition coefficient (Wildman–Crippen LogP) is 3.32. The molecular weight excluding hydrogens is 354 g/mol. The molecule has 120 valence electrons. The number of halogens is 1. The van der Waals surface area contributed by atoms with E-state index in [0.717, 1.165) is 10.0 Å². The van der Waals surface area contributed by atoms with Crippen molar-refractivity contribution in [2.75, 3.05) is 19.4 Å². The van der Waals surface area contributed by atoms with E-state index in [0.29, 0.717) is 5.75 Å². The monoisotopic (exact) mass is 377 g/mol. The van der Waals surface area contributed by atoms with E-state index in [2.05, 4.69) is 21.2 Å². The maximum Gasteiger partial charge on any atom is 0.158 e. The lowest BCUT2D eigenvalue weighted by Crippen LogP contribution is -2.32. The summed E-state index contributed by atoms with van der Waals surface area (Å²) in [4.78, 5) is 0. The third-order valence-corrected chi connectivity index (χ3v) is 6.48. The van der Waals surface area contributed by atoms with Gasteiger partial charge in [0.2, 0.25) is 0 Å². The minimum absolute atomic E-state index is 0.0103. The first-order valence-electron chi connectivity index (χ1n) is 6.90. The molecule has 0 fully saturated rings. The van der Waals surface area contributed by atoms with Gasteiger partial charge < -0.3 is 10.1 Å². The van der Waals surface area contributed by atoms with Gasteiger partial charge in [0.25, 0.3) is 0 Å². The molecule has 1 rings (SSSR count). The van der Waals surface area contributed by atoms with Gasteiger partial charge in [-0.3, -0.25) is 0 Å². The van der Waals surface area contributed by atoms with E-state index >= 15 is 0 Å². The molecule has 0 aliphatic carbocycles. The van der Waals surface area contributed by atoms with Crippen molar-refractivity contribution in [1.82, 2.24) is 5.32 Å². The van der Waals surface area contributed by atoms with Gasteiger partial charge in [0.05, 0.1) is 10.5 Å². The molecule has 0 amide bonds. The molecule has 1 aromatic rings. The van der Waals surface area contributed by atoms with Crippen LogP contribution >= 0.6 is 15.9 Å². The summed E-state index contributed by atoms with van der Waals surface area (Å²) in [7, 11) is -1.29. The van der Waals surface area contributed by atoms with E-state index in [1.807, 2.05) is 32.2 Å². The van der Waals surface area contributed by atoms with Crippen LogP contribution in [0.5, 0.6) is 5.75 Å². The van der Waals surface area contributed by atoms with Crippen LogP contribution in [0.1, 0.15) is 39.3 Å². The van der Waals surface area contributed by atoms with Crippen molar-refractivity contribution in [1.29, 1.82) is 0 Å². The van der Waals surface area contributed by atoms with Gasteiger partial charge in [0.15, 0.2) is 9.84 Å². The SMILES string of the molecule is CNC(C)c1ccc(Br)cc1OCCS(=O)(=O)C(C)(C)C. The Hall–Kier alpha value is -0.590. The molecule has 0 aliphatic heterocycles. The fourth-order valence-electron chi connectivity index (χ4n) is 1.71. The smallest absolute Gasteiger partial charge is 0.158 e. The topological polar surface area (TPSA) is 55.4 Å². The normalized spacial score (nSPS) is 14.0. The minimum atomic E-state index is -3.17. The van der Waals surface area contributed by atoms with Gasteiger partial charge in [-0.1, -0.05) is 22.0 Å². The lowest BCUT2D eigenvalue weighted by molar-refractivity contribution is 0.332. The third-order valence-electron chi connectivity index (χ3n) is 3.42. The summed E-state index contributed by atoms with van der Waals surface area (Å²) >= 11 is 3.41. The summed E-state index contributed by atoms with van der Waals surface area (Å²) in [6.45, 7) is 7.29. The Bertz CT molecular complexity index is 579. The maximum absolute atomic E-state index is 12.1. The number of hydrogen-bond donors (Lipinski definition) is 1. The minimum Gasteiger partial charge on any atom is -0.492 e. The van der Waals surface area contributed by atoms with Crippen molar-refractivity contribution in [2.45, 2.75) is 38.5 Å². The molecule has 1 atom stereocenters. The number of nitrogens with one attached hydrogen (secondary N) is 1. The van der Waals surface area contributed by atoms with Gasteiger partial charge in [-0.05, 0) is 46.9 Å². The zero-order chi connectivity index (χ0) is 16.3. The van der Waals surface area contributed by atoms with Crippen LogP contribution in [0, 0.1) is 0 Å². The highest BCUT2D eigenvalue weighted by atomic mass is 79.9. The first-order valence-corrected chi connectivity index (χ1v) is 9.35. The van der Waals surface area contributed by atoms with Crippen molar-refractivity contribution < 1.29 is 13.2 Å². The predicted molar refractivity (Wildman–Crippen MR) is 90.7 cm³/mol. The molecule has 1 N–H and O–H groups in total. The van der Waals surface area contributed by atoms with E-state index in [9.17, 15) is 8.42 Å². The van der Waals surface area contributed by atoms with Crippen LogP contribution in [0.2, 0.25) is 0 Å². The molecule has 0 radical (unpaired) electrons. The van der Waals surface area contributed by atoms with E-state index in [4.69, 9.17) is 4.74 Å². The molecule has 1 aromatic carbocycles. The van der Waals surface area contributed by atoms with Crippen molar-refractivity contribution in [2.24, 2.45) is 0 Å². The Morgan fingerprint density at radius 2 is 1.95 bits per heavy atom. The molecule has 0 aliphatic rings. The molecule has 0 bridgehead atoms. The van der Waals surface area contributed by atoms with Crippen LogP contribution in [0.15, 0.2) is 22.7 Å². The Kier molecular flexibility index (Phi) is 6.25. The van der Waals surface area contributed by atoms with Crippen molar-refractivity contribution >= 4 is 25.8 Å². The Morgan fingerprint density at radius 1 is 1.33 bits per heavy atom. The summed E-state index contributed by atoms with van der Waals surface area (Å²) < 4.78 is 30.0. The summed E-state index contributed by atoms with van der Waals surface area (Å²) in [6, 6.07) is 5.92. The van der Waals surface area contributed by atoms with Crippen LogP contribution < -0.4 is 10.1 Å². The van der Waals surface area contributed by atoms with Gasteiger partial charge in [-0.15, -0.1) is 0 Å². The second-order valence-corrected chi connectivity index (χ2v) is 9.75. The van der Waals surface area contributed by atoms with Crippen LogP contribution in [0.4, 0.5) is 0 Å². The highest BCUT2D eigenvalue weighted by Gasteiger charge is 2.28. The van der Waals surface area contributed by atoms with E-state index < -0.39 is 14.6 Å². The fraction of sp³-hybridized carbons (Fsp3) is 0.600. The summed E-state index contributed by atoms with van der Waals surface area (Å²) in [5, 5.41) is 3.16. The standard InChI is InChI=1S/C15H24BrNO3S/c1-11(17-5)13-7-6-12(16)10-14(13)20-8-9-21(18,19)15(2,3)4/h6-7,10-11,17H,8-9H2,1-5H3. The second kappa shape index (κ2) is 7.11. The number of rotatable bonds is 6. The first-order chi connectivity index (χ1) is 9.58. The highest BCUT2D eigenvalue weighted by Crippen LogP contribution is 2.28. The number of benzene rings is 1. The zero-order valence-corrected chi connectivity index (χ0v) is 15.6. The molecule has 0 aromatic heterocycles. The van der Waals surface area contributed by atoms with Crippen molar-refractivity contribution in [3.63, 3.8) is 0 Å². The summed E-state index contributed by atoms with van der Waals surface area (Å²) in [6.07, 6.45) is 0.